The van der Waals surface area contributed by atoms with Crippen LogP contribution in [0, 0.1) is 0 Å². The van der Waals surface area contributed by atoms with Gasteiger partial charge in [-0.25, -0.2) is 0 Å². The Morgan fingerprint density at radius 1 is 0.750 bits per heavy atom. The molecular formula is C21H22N2O. The third-order valence-corrected chi connectivity index (χ3v) is 3.29. The normalized spacial score (nSPS) is 10.3. The van der Waals surface area contributed by atoms with E-state index >= 15 is 0 Å². The summed E-state index contributed by atoms with van der Waals surface area (Å²) in [6, 6.07) is 29.8. The zero-order chi connectivity index (χ0) is 17.0. The molecule has 0 aromatic heterocycles. The number of hydrogen-bond acceptors (Lipinski definition) is 2. The van der Waals surface area contributed by atoms with E-state index in [1.807, 2.05) is 91.0 Å². The number of aliphatic imine (C=N–C) groups is 1. The van der Waals surface area contributed by atoms with Gasteiger partial charge in [-0.3, -0.25) is 4.99 Å². The predicted octanol–water partition coefficient (Wildman–Crippen LogP) is 4.87. The first-order valence-electron chi connectivity index (χ1n) is 7.77. The van der Waals surface area contributed by atoms with Crippen LogP contribution >= 0.6 is 0 Å². The molecule has 0 atom stereocenters. The van der Waals surface area contributed by atoms with Crippen molar-refractivity contribution in [3.05, 3.63) is 96.6 Å². The first kappa shape index (κ1) is 17.3. The Morgan fingerprint density at radius 2 is 1.25 bits per heavy atom. The molecular weight excluding hydrogens is 296 g/mol. The molecule has 24 heavy (non-hydrogen) atoms. The largest absolute Gasteiger partial charge is 0.497 e. The van der Waals surface area contributed by atoms with Crippen molar-refractivity contribution in [3.8, 4) is 5.75 Å². The van der Waals surface area contributed by atoms with Gasteiger partial charge in [-0.1, -0.05) is 66.7 Å². The lowest BCUT2D eigenvalue weighted by Gasteiger charge is -2.10. The van der Waals surface area contributed by atoms with Crippen molar-refractivity contribution in [3.63, 3.8) is 0 Å². The molecule has 3 aromatic carbocycles. The second-order valence-electron chi connectivity index (χ2n) is 4.95. The molecule has 0 unspecified atom stereocenters. The molecule has 0 radical (unpaired) electrons. The molecule has 0 fully saturated rings. The quantitative estimate of drug-likeness (QED) is 0.552. The van der Waals surface area contributed by atoms with E-state index < -0.39 is 0 Å². The third-order valence-electron chi connectivity index (χ3n) is 3.29. The minimum absolute atomic E-state index is 0.843. The predicted molar refractivity (Wildman–Crippen MR) is 102 cm³/mol. The smallest absolute Gasteiger partial charge is 0.132 e. The summed E-state index contributed by atoms with van der Waals surface area (Å²) in [5.74, 6) is 1.69. The Bertz CT molecular complexity index is 696. The van der Waals surface area contributed by atoms with Crippen LogP contribution in [-0.2, 0) is 0 Å². The molecule has 0 aliphatic carbocycles. The van der Waals surface area contributed by atoms with Crippen LogP contribution in [0.1, 0.15) is 5.56 Å². The minimum Gasteiger partial charge on any atom is -0.497 e. The Balaban J connectivity index is 0.000000292. The highest BCUT2D eigenvalue weighted by Crippen LogP contribution is 2.16. The molecule has 0 bridgehead atoms. The number of methoxy groups -OCH3 is 1. The average molecular weight is 318 g/mol. The van der Waals surface area contributed by atoms with Crippen molar-refractivity contribution < 1.29 is 4.74 Å². The lowest BCUT2D eigenvalue weighted by atomic mass is 10.2. The number of rotatable bonds is 3. The fraction of sp³-hybridized carbons (Fsp3) is 0.0952. The third kappa shape index (κ3) is 5.61. The fourth-order valence-electron chi connectivity index (χ4n) is 2.05. The molecule has 3 rings (SSSR count). The summed E-state index contributed by atoms with van der Waals surface area (Å²) >= 11 is 0. The summed E-state index contributed by atoms with van der Waals surface area (Å²) in [5, 5.41) is 3.29. The van der Waals surface area contributed by atoms with Crippen LogP contribution in [-0.4, -0.2) is 20.0 Å². The van der Waals surface area contributed by atoms with Gasteiger partial charge in [0.15, 0.2) is 0 Å². The summed E-state index contributed by atoms with van der Waals surface area (Å²) < 4.78 is 5.13. The van der Waals surface area contributed by atoms with Gasteiger partial charge in [0, 0.05) is 18.3 Å². The Labute approximate surface area is 143 Å². The summed E-state index contributed by atoms with van der Waals surface area (Å²) in [6.45, 7) is 0. The molecule has 0 amide bonds. The lowest BCUT2D eigenvalue weighted by Crippen LogP contribution is -2.13. The van der Waals surface area contributed by atoms with E-state index in [0.717, 1.165) is 22.8 Å². The van der Waals surface area contributed by atoms with E-state index in [4.69, 9.17) is 4.74 Å². The van der Waals surface area contributed by atoms with Crippen LogP contribution < -0.4 is 10.1 Å². The molecule has 3 nitrogen and oxygen atoms in total. The van der Waals surface area contributed by atoms with E-state index in [1.165, 1.54) is 0 Å². The van der Waals surface area contributed by atoms with Gasteiger partial charge in [0.25, 0.3) is 0 Å². The van der Waals surface area contributed by atoms with Gasteiger partial charge in [-0.2, -0.15) is 0 Å². The van der Waals surface area contributed by atoms with Crippen LogP contribution in [0.2, 0.25) is 0 Å². The van der Waals surface area contributed by atoms with Crippen molar-refractivity contribution in [2.45, 2.75) is 0 Å². The van der Waals surface area contributed by atoms with E-state index in [2.05, 4.69) is 10.3 Å². The molecule has 0 aliphatic heterocycles. The molecule has 0 saturated heterocycles. The first-order valence-corrected chi connectivity index (χ1v) is 7.77. The van der Waals surface area contributed by atoms with Gasteiger partial charge in [0.2, 0.25) is 0 Å². The van der Waals surface area contributed by atoms with Crippen molar-refractivity contribution in [2.24, 2.45) is 4.99 Å². The Morgan fingerprint density at radius 3 is 1.71 bits per heavy atom. The number of ether oxygens (including phenoxy) is 1. The zero-order valence-corrected chi connectivity index (χ0v) is 14.0. The van der Waals surface area contributed by atoms with E-state index in [1.54, 1.807) is 14.2 Å². The number of benzene rings is 3. The van der Waals surface area contributed by atoms with Gasteiger partial charge in [0.05, 0.1) is 7.11 Å². The highest BCUT2D eigenvalue weighted by Gasteiger charge is 2.02. The second kappa shape index (κ2) is 9.85. The molecule has 0 heterocycles. The number of nitrogens with zero attached hydrogens (tertiary/aromatic N) is 1. The molecule has 3 heteroatoms. The van der Waals surface area contributed by atoms with Gasteiger partial charge in [-0.05, 0) is 24.3 Å². The van der Waals surface area contributed by atoms with Crippen molar-refractivity contribution >= 4 is 11.5 Å². The monoisotopic (exact) mass is 318 g/mol. The summed E-state index contributed by atoms with van der Waals surface area (Å²) in [7, 11) is 3.43. The Kier molecular flexibility index (Phi) is 7.09. The highest BCUT2D eigenvalue weighted by atomic mass is 16.5. The topological polar surface area (TPSA) is 33.6 Å². The second-order valence-corrected chi connectivity index (χ2v) is 4.95. The Hall–Kier alpha value is -3.07. The average Bonchev–Trinajstić information content (AvgIpc) is 2.69. The lowest BCUT2D eigenvalue weighted by molar-refractivity contribution is 0.415. The van der Waals surface area contributed by atoms with Crippen LogP contribution in [0.3, 0.4) is 0 Å². The zero-order valence-electron chi connectivity index (χ0n) is 14.0. The van der Waals surface area contributed by atoms with Crippen LogP contribution in [0.15, 0.2) is 96.0 Å². The van der Waals surface area contributed by atoms with Gasteiger partial charge < -0.3 is 10.1 Å². The molecule has 0 aliphatic rings. The molecule has 1 N–H and O–H groups in total. The maximum atomic E-state index is 5.13. The standard InChI is InChI=1S/C15H16N2O.C6H6/c1-16-15(12-6-4-3-5-7-12)17-13-8-10-14(18-2)11-9-13;1-2-4-6-5-3-1/h3-11H,1-2H3,(H,16,17);1-6H. The van der Waals surface area contributed by atoms with Crippen LogP contribution in [0.25, 0.3) is 0 Å². The maximum Gasteiger partial charge on any atom is 0.132 e. The van der Waals surface area contributed by atoms with Crippen molar-refractivity contribution in [1.29, 1.82) is 0 Å². The number of amidine groups is 1. The molecule has 122 valence electrons. The number of hydrogen-bond donors (Lipinski definition) is 1. The van der Waals surface area contributed by atoms with Gasteiger partial charge >= 0.3 is 0 Å². The van der Waals surface area contributed by atoms with E-state index in [-0.39, 0.29) is 0 Å². The van der Waals surface area contributed by atoms with E-state index in [0.29, 0.717) is 0 Å². The van der Waals surface area contributed by atoms with Crippen molar-refractivity contribution in [2.75, 3.05) is 19.5 Å². The van der Waals surface area contributed by atoms with Crippen LogP contribution in [0.4, 0.5) is 5.69 Å². The van der Waals surface area contributed by atoms with Gasteiger partial charge in [-0.15, -0.1) is 0 Å². The molecule has 3 aromatic rings. The maximum absolute atomic E-state index is 5.13. The van der Waals surface area contributed by atoms with Crippen LogP contribution in [0.5, 0.6) is 5.75 Å². The van der Waals surface area contributed by atoms with Gasteiger partial charge in [0.1, 0.15) is 11.6 Å². The van der Waals surface area contributed by atoms with Crippen molar-refractivity contribution in [1.82, 2.24) is 0 Å². The number of anilines is 1. The summed E-state index contributed by atoms with van der Waals surface area (Å²) in [5.41, 5.74) is 2.05. The fourth-order valence-corrected chi connectivity index (χ4v) is 2.05. The SMILES string of the molecule is CN=C(Nc1ccc(OC)cc1)c1ccccc1.c1ccccc1. The first-order chi connectivity index (χ1) is 11.8. The summed E-state index contributed by atoms with van der Waals surface area (Å²) in [4.78, 5) is 4.27. The molecule has 0 saturated carbocycles. The van der Waals surface area contributed by atoms with E-state index in [9.17, 15) is 0 Å². The summed E-state index contributed by atoms with van der Waals surface area (Å²) in [6.07, 6.45) is 0. The highest BCUT2D eigenvalue weighted by molar-refractivity contribution is 6.08. The number of nitrogens with one attached hydrogen (secondary N) is 1. The minimum atomic E-state index is 0.843. The molecule has 0 spiro atoms.